The number of rotatable bonds is 8. The minimum Gasteiger partial charge on any atom is -0.491 e. The van der Waals surface area contributed by atoms with Crippen LogP contribution in [0.5, 0.6) is 5.75 Å². The molecular formula is C22H22N2O4S. The standard InChI is InChI=1S/C22H22N2O4S/c1-17(16-28-20-8-4-2-5-9-20)23-22(25)18-12-14-19(15-13-18)24-29(26,27)21-10-6-3-7-11-21/h2-15,17,24H,16H2,1H3,(H,23,25)/t17-/m1/s1. The van der Waals surface area contributed by atoms with Crippen LogP contribution < -0.4 is 14.8 Å². The molecule has 29 heavy (non-hydrogen) atoms. The van der Waals surface area contributed by atoms with Gasteiger partial charge >= 0.3 is 0 Å². The molecule has 150 valence electrons. The summed E-state index contributed by atoms with van der Waals surface area (Å²) in [4.78, 5) is 12.6. The molecule has 3 rings (SSSR count). The maximum Gasteiger partial charge on any atom is 0.261 e. The zero-order chi connectivity index (χ0) is 20.7. The lowest BCUT2D eigenvalue weighted by atomic mass is 10.2. The Balaban J connectivity index is 1.56. The second-order valence-electron chi connectivity index (χ2n) is 6.49. The van der Waals surface area contributed by atoms with Crippen molar-refractivity contribution in [3.8, 4) is 5.75 Å². The van der Waals surface area contributed by atoms with E-state index in [0.29, 0.717) is 17.9 Å². The molecule has 0 aliphatic rings. The van der Waals surface area contributed by atoms with E-state index in [-0.39, 0.29) is 16.8 Å². The van der Waals surface area contributed by atoms with Crippen molar-refractivity contribution in [3.05, 3.63) is 90.5 Å². The molecule has 0 unspecified atom stereocenters. The van der Waals surface area contributed by atoms with Gasteiger partial charge in [0.05, 0.1) is 10.9 Å². The smallest absolute Gasteiger partial charge is 0.261 e. The first-order chi connectivity index (χ1) is 13.9. The molecule has 3 aromatic rings. The Morgan fingerprint density at radius 1 is 0.897 bits per heavy atom. The quantitative estimate of drug-likeness (QED) is 0.593. The van der Waals surface area contributed by atoms with E-state index in [0.717, 1.165) is 5.75 Å². The third kappa shape index (κ3) is 5.83. The van der Waals surface area contributed by atoms with E-state index in [2.05, 4.69) is 10.0 Å². The molecule has 3 aromatic carbocycles. The van der Waals surface area contributed by atoms with Crippen molar-refractivity contribution in [3.63, 3.8) is 0 Å². The lowest BCUT2D eigenvalue weighted by Gasteiger charge is -2.15. The second kappa shape index (κ2) is 9.25. The Bertz CT molecular complexity index is 1040. The number of hydrogen-bond acceptors (Lipinski definition) is 4. The van der Waals surface area contributed by atoms with Crippen LogP contribution in [0.25, 0.3) is 0 Å². The summed E-state index contributed by atoms with van der Waals surface area (Å²) in [5.41, 5.74) is 0.810. The summed E-state index contributed by atoms with van der Waals surface area (Å²) in [7, 11) is -3.67. The zero-order valence-electron chi connectivity index (χ0n) is 15.9. The molecule has 0 aliphatic carbocycles. The van der Waals surface area contributed by atoms with Gasteiger partial charge < -0.3 is 10.1 Å². The Morgan fingerprint density at radius 2 is 1.48 bits per heavy atom. The van der Waals surface area contributed by atoms with Crippen LogP contribution >= 0.6 is 0 Å². The first-order valence-corrected chi connectivity index (χ1v) is 10.6. The van der Waals surface area contributed by atoms with Crippen LogP contribution in [0.4, 0.5) is 5.69 Å². The van der Waals surface area contributed by atoms with Crippen molar-refractivity contribution < 1.29 is 17.9 Å². The summed E-state index contributed by atoms with van der Waals surface area (Å²) in [5.74, 6) is 0.482. The van der Waals surface area contributed by atoms with Crippen molar-refractivity contribution >= 4 is 21.6 Å². The molecule has 2 N–H and O–H groups in total. The number of ether oxygens (including phenoxy) is 1. The fourth-order valence-corrected chi connectivity index (χ4v) is 3.67. The summed E-state index contributed by atoms with van der Waals surface area (Å²) < 4.78 is 32.8. The predicted octanol–water partition coefficient (Wildman–Crippen LogP) is 3.68. The molecule has 1 amide bonds. The van der Waals surface area contributed by atoms with Crippen molar-refractivity contribution in [1.82, 2.24) is 5.32 Å². The molecule has 0 radical (unpaired) electrons. The van der Waals surface area contributed by atoms with Crippen LogP contribution in [0, 0.1) is 0 Å². The van der Waals surface area contributed by atoms with Gasteiger partial charge in [0.15, 0.2) is 0 Å². The van der Waals surface area contributed by atoms with Crippen molar-refractivity contribution in [2.45, 2.75) is 17.9 Å². The number of carbonyl (C=O) groups is 1. The number of benzene rings is 3. The molecule has 0 heterocycles. The van der Waals surface area contributed by atoms with Gasteiger partial charge in [-0.2, -0.15) is 0 Å². The van der Waals surface area contributed by atoms with Gasteiger partial charge in [-0.1, -0.05) is 36.4 Å². The van der Waals surface area contributed by atoms with E-state index >= 15 is 0 Å². The molecule has 0 bridgehead atoms. The van der Waals surface area contributed by atoms with Crippen molar-refractivity contribution in [1.29, 1.82) is 0 Å². The first kappa shape index (κ1) is 20.4. The molecule has 0 aliphatic heterocycles. The number of para-hydroxylation sites is 1. The van der Waals surface area contributed by atoms with E-state index in [1.165, 1.54) is 12.1 Å². The SMILES string of the molecule is C[C@H](COc1ccccc1)NC(=O)c1ccc(NS(=O)(=O)c2ccccc2)cc1. The third-order valence-corrected chi connectivity index (χ3v) is 5.47. The highest BCUT2D eigenvalue weighted by Gasteiger charge is 2.14. The normalized spacial score (nSPS) is 12.0. The van der Waals surface area contributed by atoms with Gasteiger partial charge in [-0.25, -0.2) is 8.42 Å². The minimum absolute atomic E-state index is 0.175. The molecular weight excluding hydrogens is 388 g/mol. The van der Waals surface area contributed by atoms with E-state index in [1.54, 1.807) is 42.5 Å². The number of sulfonamides is 1. The lowest BCUT2D eigenvalue weighted by Crippen LogP contribution is -2.36. The number of amides is 1. The van der Waals surface area contributed by atoms with E-state index < -0.39 is 10.0 Å². The van der Waals surface area contributed by atoms with Crippen molar-refractivity contribution in [2.75, 3.05) is 11.3 Å². The van der Waals surface area contributed by atoms with Gasteiger partial charge in [-0.3, -0.25) is 9.52 Å². The zero-order valence-corrected chi connectivity index (χ0v) is 16.7. The van der Waals surface area contributed by atoms with Gasteiger partial charge in [-0.15, -0.1) is 0 Å². The minimum atomic E-state index is -3.67. The molecule has 1 atom stereocenters. The fraction of sp³-hybridized carbons (Fsp3) is 0.136. The van der Waals surface area contributed by atoms with Gasteiger partial charge in [0, 0.05) is 11.3 Å². The van der Waals surface area contributed by atoms with Crippen molar-refractivity contribution in [2.24, 2.45) is 0 Å². The summed E-state index contributed by atoms with van der Waals surface area (Å²) in [6.07, 6.45) is 0. The first-order valence-electron chi connectivity index (χ1n) is 9.11. The molecule has 7 heteroatoms. The monoisotopic (exact) mass is 410 g/mol. The molecule has 0 aromatic heterocycles. The van der Waals surface area contributed by atoms with Gasteiger partial charge in [0.25, 0.3) is 15.9 Å². The van der Waals surface area contributed by atoms with Crippen LogP contribution in [-0.2, 0) is 10.0 Å². The average molecular weight is 410 g/mol. The Hall–Kier alpha value is -3.32. The van der Waals surface area contributed by atoms with Crippen LogP contribution in [0.3, 0.4) is 0 Å². The van der Waals surface area contributed by atoms with Crippen LogP contribution in [0.1, 0.15) is 17.3 Å². The van der Waals surface area contributed by atoms with Crippen LogP contribution in [0.2, 0.25) is 0 Å². The maximum absolute atomic E-state index is 12.4. The van der Waals surface area contributed by atoms with E-state index in [9.17, 15) is 13.2 Å². The van der Waals surface area contributed by atoms with Gasteiger partial charge in [0.1, 0.15) is 12.4 Å². The Labute approximate surface area is 170 Å². The van der Waals surface area contributed by atoms with Gasteiger partial charge in [0.2, 0.25) is 0 Å². The molecule has 0 saturated heterocycles. The molecule has 0 spiro atoms. The average Bonchev–Trinajstić information content (AvgIpc) is 2.74. The van der Waals surface area contributed by atoms with E-state index in [1.807, 2.05) is 37.3 Å². The van der Waals surface area contributed by atoms with E-state index in [4.69, 9.17) is 4.74 Å². The Morgan fingerprint density at radius 3 is 2.10 bits per heavy atom. The number of carbonyl (C=O) groups excluding carboxylic acids is 1. The summed E-state index contributed by atoms with van der Waals surface area (Å²) >= 11 is 0. The highest BCUT2D eigenvalue weighted by Crippen LogP contribution is 2.16. The number of hydrogen-bond donors (Lipinski definition) is 2. The number of anilines is 1. The highest BCUT2D eigenvalue weighted by atomic mass is 32.2. The van der Waals surface area contributed by atoms with Crippen LogP contribution in [-0.4, -0.2) is 27.0 Å². The topological polar surface area (TPSA) is 84.5 Å². The summed E-state index contributed by atoms with van der Waals surface area (Å²) in [5, 5.41) is 2.86. The lowest BCUT2D eigenvalue weighted by molar-refractivity contribution is 0.0926. The molecule has 0 fully saturated rings. The molecule has 0 saturated carbocycles. The largest absolute Gasteiger partial charge is 0.491 e. The predicted molar refractivity (Wildman–Crippen MR) is 113 cm³/mol. The summed E-state index contributed by atoms with van der Waals surface area (Å²) in [6.45, 7) is 2.19. The van der Waals surface area contributed by atoms with Crippen LogP contribution in [0.15, 0.2) is 89.8 Å². The highest BCUT2D eigenvalue weighted by molar-refractivity contribution is 7.92. The number of nitrogens with one attached hydrogen (secondary N) is 2. The third-order valence-electron chi connectivity index (χ3n) is 4.07. The fourth-order valence-electron chi connectivity index (χ4n) is 2.59. The second-order valence-corrected chi connectivity index (χ2v) is 8.18. The molecule has 6 nitrogen and oxygen atoms in total. The Kier molecular flexibility index (Phi) is 6.51. The summed E-state index contributed by atoms with van der Waals surface area (Å²) in [6, 6.07) is 23.5. The van der Waals surface area contributed by atoms with Gasteiger partial charge in [-0.05, 0) is 55.5 Å². The maximum atomic E-state index is 12.4.